The fourth-order valence-corrected chi connectivity index (χ4v) is 4.25. The first-order chi connectivity index (χ1) is 15.2. The Kier molecular flexibility index (Phi) is 6.13. The second-order valence-corrected chi connectivity index (χ2v) is 8.59. The third kappa shape index (κ3) is 4.31. The van der Waals surface area contributed by atoms with Gasteiger partial charge in [-0.05, 0) is 48.2 Å². The maximum absolute atomic E-state index is 12.7. The Bertz CT molecular complexity index is 1180. The number of nitrogens with zero attached hydrogens (tertiary/aromatic N) is 1. The largest absolute Gasteiger partial charge is 0.322 e. The molecule has 0 radical (unpaired) electrons. The van der Waals surface area contributed by atoms with E-state index in [1.54, 1.807) is 12.1 Å². The first-order valence-electron chi connectivity index (χ1n) is 10.0. The van der Waals surface area contributed by atoms with Crippen LogP contribution in [0.4, 0.5) is 0 Å². The van der Waals surface area contributed by atoms with Crippen LogP contribution in [0.3, 0.4) is 0 Å². The number of halogens is 2. The van der Waals surface area contributed by atoms with Crippen LogP contribution in [0.25, 0.3) is 0 Å². The second kappa shape index (κ2) is 8.84. The van der Waals surface area contributed by atoms with E-state index in [2.05, 4.69) is 5.32 Å². The lowest BCUT2D eigenvalue weighted by atomic mass is 9.99. The van der Waals surface area contributed by atoms with Gasteiger partial charge in [0.1, 0.15) is 6.04 Å². The van der Waals surface area contributed by atoms with Gasteiger partial charge in [-0.15, -0.1) is 0 Å². The van der Waals surface area contributed by atoms with Crippen LogP contribution in [-0.2, 0) is 27.3 Å². The van der Waals surface area contributed by atoms with Gasteiger partial charge in [-0.25, -0.2) is 0 Å². The smallest absolute Gasteiger partial charge is 0.255 e. The van der Waals surface area contributed by atoms with Gasteiger partial charge in [-0.3, -0.25) is 29.3 Å². The average Bonchev–Trinajstić information content (AvgIpc) is 3.09. The monoisotopic (exact) mass is 472 g/mol. The predicted molar refractivity (Wildman–Crippen MR) is 117 cm³/mol. The van der Waals surface area contributed by atoms with E-state index in [1.807, 2.05) is 6.07 Å². The number of benzene rings is 2. The van der Waals surface area contributed by atoms with Gasteiger partial charge in [0.05, 0.1) is 10.0 Å². The van der Waals surface area contributed by atoms with Crippen molar-refractivity contribution in [3.63, 3.8) is 0 Å². The number of rotatable bonds is 6. The third-order valence-corrected chi connectivity index (χ3v) is 6.40. The molecule has 1 N–H and O–H groups in total. The van der Waals surface area contributed by atoms with Crippen molar-refractivity contribution in [3.8, 4) is 0 Å². The van der Waals surface area contributed by atoms with Crippen LogP contribution in [0.5, 0.6) is 0 Å². The van der Waals surface area contributed by atoms with Crippen LogP contribution < -0.4 is 5.32 Å². The van der Waals surface area contributed by atoms with Crippen molar-refractivity contribution in [2.45, 2.75) is 38.3 Å². The summed E-state index contributed by atoms with van der Waals surface area (Å²) in [6.45, 7) is 0.254. The van der Waals surface area contributed by atoms with E-state index in [1.165, 1.54) is 23.1 Å². The molecule has 2 aliphatic rings. The Morgan fingerprint density at radius 1 is 1.03 bits per heavy atom. The zero-order chi connectivity index (χ0) is 23.0. The predicted octanol–water partition coefficient (Wildman–Crippen LogP) is 3.14. The van der Waals surface area contributed by atoms with E-state index < -0.39 is 23.5 Å². The number of nitrogens with one attached hydrogen (secondary N) is 1. The molecule has 0 spiro atoms. The number of carbonyl (C=O) groups excluding carboxylic acids is 5. The van der Waals surface area contributed by atoms with Crippen molar-refractivity contribution < 1.29 is 24.0 Å². The minimum absolute atomic E-state index is 0.00265. The molecule has 0 saturated carbocycles. The van der Waals surface area contributed by atoms with Gasteiger partial charge in [0.15, 0.2) is 0 Å². The maximum atomic E-state index is 12.7. The Balaban J connectivity index is 1.41. The van der Waals surface area contributed by atoms with Crippen molar-refractivity contribution in [2.24, 2.45) is 0 Å². The van der Waals surface area contributed by atoms with E-state index in [9.17, 15) is 24.0 Å². The third-order valence-electron chi connectivity index (χ3n) is 5.66. The fourth-order valence-electron chi connectivity index (χ4n) is 3.95. The van der Waals surface area contributed by atoms with E-state index in [4.69, 9.17) is 23.2 Å². The summed E-state index contributed by atoms with van der Waals surface area (Å²) in [5.74, 6) is -2.24. The standard InChI is InChI=1S/C23H18Cl2N2O5/c24-16-5-3-13(10-17(16)25)21(30)19(28)7-2-12-1-4-15-14(9-12)11-27(23(15)32)18-6-8-20(29)26-22(18)31/h1,3-5,9-10,18H,2,6-8,11H2,(H,26,29,31). The average molecular weight is 473 g/mol. The number of imide groups is 1. The molecule has 0 bridgehead atoms. The van der Waals surface area contributed by atoms with Gasteiger partial charge in [0.2, 0.25) is 23.4 Å². The Hall–Kier alpha value is -3.03. The molecule has 4 rings (SSSR count). The van der Waals surface area contributed by atoms with Crippen LogP contribution in [0, 0.1) is 0 Å². The molecule has 0 aromatic heterocycles. The van der Waals surface area contributed by atoms with Crippen molar-refractivity contribution >= 4 is 52.5 Å². The van der Waals surface area contributed by atoms with Crippen LogP contribution in [0.2, 0.25) is 10.0 Å². The Morgan fingerprint density at radius 3 is 2.53 bits per heavy atom. The first kappa shape index (κ1) is 22.2. The summed E-state index contributed by atoms with van der Waals surface area (Å²) in [6, 6.07) is 8.84. The molecule has 2 aromatic carbocycles. The quantitative estimate of drug-likeness (QED) is 0.395. The van der Waals surface area contributed by atoms with Gasteiger partial charge in [0.25, 0.3) is 5.91 Å². The van der Waals surface area contributed by atoms with Crippen LogP contribution in [-0.4, -0.2) is 40.2 Å². The van der Waals surface area contributed by atoms with Crippen molar-refractivity contribution in [3.05, 3.63) is 68.7 Å². The molecule has 1 fully saturated rings. The molecule has 3 amide bonds. The summed E-state index contributed by atoms with van der Waals surface area (Å²) in [4.78, 5) is 62.5. The summed E-state index contributed by atoms with van der Waals surface area (Å²) >= 11 is 11.8. The summed E-state index contributed by atoms with van der Waals surface area (Å²) in [5, 5.41) is 2.78. The van der Waals surface area contributed by atoms with E-state index in [0.29, 0.717) is 23.4 Å². The Labute approximate surface area is 193 Å². The van der Waals surface area contributed by atoms with Gasteiger partial charge in [0, 0.05) is 30.5 Å². The summed E-state index contributed by atoms with van der Waals surface area (Å²) < 4.78 is 0. The van der Waals surface area contributed by atoms with Crippen molar-refractivity contribution in [1.82, 2.24) is 10.2 Å². The molecule has 32 heavy (non-hydrogen) atoms. The number of piperidine rings is 1. The minimum atomic E-state index is -0.679. The number of fused-ring (bicyclic) bond motifs is 1. The van der Waals surface area contributed by atoms with Crippen LogP contribution in [0.1, 0.15) is 51.1 Å². The van der Waals surface area contributed by atoms with Crippen LogP contribution >= 0.6 is 23.2 Å². The zero-order valence-electron chi connectivity index (χ0n) is 16.8. The molecule has 2 aliphatic heterocycles. The zero-order valence-corrected chi connectivity index (χ0v) is 18.3. The van der Waals surface area contributed by atoms with Crippen molar-refractivity contribution in [1.29, 1.82) is 0 Å². The van der Waals surface area contributed by atoms with Gasteiger partial charge in [-0.1, -0.05) is 35.3 Å². The minimum Gasteiger partial charge on any atom is -0.322 e. The molecule has 9 heteroatoms. The van der Waals surface area contributed by atoms with Gasteiger partial charge in [-0.2, -0.15) is 0 Å². The number of amides is 3. The molecule has 1 unspecified atom stereocenters. The maximum Gasteiger partial charge on any atom is 0.255 e. The number of ketones is 2. The lowest BCUT2D eigenvalue weighted by Crippen LogP contribution is -2.52. The lowest BCUT2D eigenvalue weighted by molar-refractivity contribution is -0.136. The molecule has 2 aromatic rings. The summed E-state index contributed by atoms with van der Waals surface area (Å²) in [6.07, 6.45) is 0.813. The molecule has 1 saturated heterocycles. The molecule has 7 nitrogen and oxygen atoms in total. The number of hydrogen-bond acceptors (Lipinski definition) is 5. The van der Waals surface area contributed by atoms with Gasteiger partial charge >= 0.3 is 0 Å². The molecule has 164 valence electrons. The topological polar surface area (TPSA) is 101 Å². The fraction of sp³-hybridized carbons (Fsp3) is 0.261. The number of carbonyl (C=O) groups is 5. The summed E-state index contributed by atoms with van der Waals surface area (Å²) in [5.41, 5.74) is 2.23. The molecular weight excluding hydrogens is 455 g/mol. The van der Waals surface area contributed by atoms with Gasteiger partial charge < -0.3 is 4.90 Å². The normalized spacial score (nSPS) is 17.9. The SMILES string of the molecule is O=C1CCC(N2Cc3cc(CCC(=O)C(=O)c4ccc(Cl)c(Cl)c4)ccc3C2=O)C(=O)N1. The van der Waals surface area contributed by atoms with E-state index in [-0.39, 0.29) is 41.8 Å². The second-order valence-electron chi connectivity index (χ2n) is 7.77. The highest BCUT2D eigenvalue weighted by Gasteiger charge is 2.39. The number of Topliss-reactive ketones (excluding diaryl/α,β-unsaturated/α-hetero) is 2. The summed E-state index contributed by atoms with van der Waals surface area (Å²) in [7, 11) is 0. The first-order valence-corrected chi connectivity index (χ1v) is 10.8. The highest BCUT2D eigenvalue weighted by Crippen LogP contribution is 2.29. The van der Waals surface area contributed by atoms with E-state index >= 15 is 0 Å². The number of hydrogen-bond donors (Lipinski definition) is 1. The molecular formula is C23H18Cl2N2O5. The van der Waals surface area contributed by atoms with Crippen molar-refractivity contribution in [2.75, 3.05) is 0 Å². The molecule has 2 heterocycles. The highest BCUT2D eigenvalue weighted by atomic mass is 35.5. The molecule has 0 aliphatic carbocycles. The highest BCUT2D eigenvalue weighted by molar-refractivity contribution is 6.45. The van der Waals surface area contributed by atoms with Crippen LogP contribution in [0.15, 0.2) is 36.4 Å². The number of aryl methyl sites for hydroxylation is 1. The Morgan fingerprint density at radius 2 is 1.81 bits per heavy atom. The lowest BCUT2D eigenvalue weighted by Gasteiger charge is -2.29. The molecule has 1 atom stereocenters. The van der Waals surface area contributed by atoms with E-state index in [0.717, 1.165) is 11.1 Å².